The predicted octanol–water partition coefficient (Wildman–Crippen LogP) is 0.371. The molecule has 0 radical (unpaired) electrons. The van der Waals surface area contributed by atoms with Gasteiger partial charge < -0.3 is 25.6 Å². The lowest BCUT2D eigenvalue weighted by atomic mass is 10.0. The summed E-state index contributed by atoms with van der Waals surface area (Å²) in [5.74, 6) is -0.595. The van der Waals surface area contributed by atoms with Gasteiger partial charge in [0.05, 0.1) is 37.8 Å². The van der Waals surface area contributed by atoms with E-state index in [0.29, 0.717) is 25.0 Å². The molecule has 7 heteroatoms. The van der Waals surface area contributed by atoms with Crippen LogP contribution in [-0.2, 0) is 19.1 Å². The first-order valence-corrected chi connectivity index (χ1v) is 7.73. The average molecular weight is 316 g/mol. The summed E-state index contributed by atoms with van der Waals surface area (Å²) in [5.41, 5.74) is 5.55. The Bertz CT molecular complexity index is 367. The maximum absolute atomic E-state index is 11.9. The van der Waals surface area contributed by atoms with Crippen LogP contribution in [0.2, 0.25) is 0 Å². The van der Waals surface area contributed by atoms with Crippen molar-refractivity contribution in [2.45, 2.75) is 51.3 Å². The molecule has 4 atom stereocenters. The average Bonchev–Trinajstić information content (AvgIpc) is 2.75. The molecule has 0 aliphatic heterocycles. The quantitative estimate of drug-likeness (QED) is 0.567. The van der Waals surface area contributed by atoms with Crippen LogP contribution in [0.4, 0.5) is 0 Å². The maximum Gasteiger partial charge on any atom is 0.305 e. The molecule has 22 heavy (non-hydrogen) atoms. The highest BCUT2D eigenvalue weighted by atomic mass is 16.5. The molecule has 0 saturated heterocycles. The number of nitrogens with two attached hydrogens (primary N) is 1. The molecule has 0 aromatic rings. The van der Waals surface area contributed by atoms with E-state index in [1.165, 1.54) is 7.11 Å². The molecule has 1 amide bonds. The molecule has 1 saturated carbocycles. The van der Waals surface area contributed by atoms with Crippen LogP contribution >= 0.6 is 0 Å². The summed E-state index contributed by atoms with van der Waals surface area (Å²) in [6, 6.07) is -1.40. The first-order chi connectivity index (χ1) is 10.3. The summed E-state index contributed by atoms with van der Waals surface area (Å²) in [6.07, 6.45) is 2.08. The second-order valence-electron chi connectivity index (χ2n) is 6.20. The van der Waals surface area contributed by atoms with Gasteiger partial charge >= 0.3 is 5.97 Å². The Balaban J connectivity index is 2.47. The third kappa shape index (κ3) is 5.90. The Labute approximate surface area is 131 Å². The summed E-state index contributed by atoms with van der Waals surface area (Å²) >= 11 is 0. The lowest BCUT2D eigenvalue weighted by Crippen LogP contribution is -2.50. The highest BCUT2D eigenvalue weighted by molar-refractivity contribution is 5.86. The minimum Gasteiger partial charge on any atom is -0.481 e. The molecule has 1 rings (SSSR count). The van der Waals surface area contributed by atoms with Crippen LogP contribution in [0.15, 0.2) is 0 Å². The number of hydrogen-bond acceptors (Lipinski definition) is 5. The normalized spacial score (nSPS) is 27.4. The zero-order valence-corrected chi connectivity index (χ0v) is 13.6. The van der Waals surface area contributed by atoms with E-state index >= 15 is 0 Å². The molecule has 0 aromatic carbocycles. The van der Waals surface area contributed by atoms with Crippen LogP contribution in [0.25, 0.3) is 0 Å². The minimum absolute atomic E-state index is 0.184. The zero-order valence-electron chi connectivity index (χ0n) is 13.6. The fourth-order valence-electron chi connectivity index (χ4n) is 2.89. The summed E-state index contributed by atoms with van der Waals surface area (Å²) in [5, 5.41) is 11.4. The van der Waals surface area contributed by atoms with Gasteiger partial charge in [0.2, 0.25) is 5.91 Å². The molecule has 4 N–H and O–H groups in total. The molecule has 1 aliphatic carbocycles. The number of hydrogen-bond donors (Lipinski definition) is 3. The summed E-state index contributed by atoms with van der Waals surface area (Å²) < 4.78 is 11.0. The Hall–Kier alpha value is -1.18. The van der Waals surface area contributed by atoms with E-state index in [9.17, 15) is 9.59 Å². The first kappa shape index (κ1) is 18.9. The molecule has 3 unspecified atom stereocenters. The van der Waals surface area contributed by atoms with E-state index in [1.807, 2.05) is 0 Å². The van der Waals surface area contributed by atoms with E-state index in [0.717, 1.165) is 12.8 Å². The molecular formula is C15H28N2O5. The van der Waals surface area contributed by atoms with Crippen molar-refractivity contribution < 1.29 is 24.2 Å². The lowest BCUT2D eigenvalue weighted by Gasteiger charge is -2.25. The van der Waals surface area contributed by atoms with Gasteiger partial charge in [0, 0.05) is 7.11 Å². The Kier molecular flexibility index (Phi) is 7.78. The van der Waals surface area contributed by atoms with Gasteiger partial charge in [0.1, 0.15) is 0 Å². The number of aliphatic carboxylic acids is 1. The van der Waals surface area contributed by atoms with E-state index in [2.05, 4.69) is 19.2 Å². The van der Waals surface area contributed by atoms with E-state index in [1.54, 1.807) is 0 Å². The summed E-state index contributed by atoms with van der Waals surface area (Å²) in [6.45, 7) is 4.96. The van der Waals surface area contributed by atoms with Crippen LogP contribution in [0.3, 0.4) is 0 Å². The monoisotopic (exact) mass is 316 g/mol. The van der Waals surface area contributed by atoms with Gasteiger partial charge in [-0.2, -0.15) is 0 Å². The van der Waals surface area contributed by atoms with Crippen molar-refractivity contribution in [2.24, 2.45) is 17.6 Å². The Morgan fingerprint density at radius 3 is 2.36 bits per heavy atom. The van der Waals surface area contributed by atoms with Crippen LogP contribution in [0.1, 0.15) is 33.1 Å². The van der Waals surface area contributed by atoms with Crippen LogP contribution in [0, 0.1) is 11.8 Å². The molecule has 1 fully saturated rings. The van der Waals surface area contributed by atoms with Gasteiger partial charge in [0.15, 0.2) is 0 Å². The van der Waals surface area contributed by atoms with Crippen LogP contribution < -0.4 is 11.1 Å². The van der Waals surface area contributed by atoms with E-state index in [-0.39, 0.29) is 12.1 Å². The molecule has 128 valence electrons. The molecule has 0 spiro atoms. The fourth-order valence-corrected chi connectivity index (χ4v) is 2.89. The number of amides is 1. The zero-order chi connectivity index (χ0) is 16.7. The minimum atomic E-state index is -1.10. The summed E-state index contributed by atoms with van der Waals surface area (Å²) in [7, 11) is 1.54. The second kappa shape index (κ2) is 9.07. The van der Waals surface area contributed by atoms with Crippen molar-refractivity contribution >= 4 is 11.9 Å². The third-order valence-electron chi connectivity index (χ3n) is 4.13. The van der Waals surface area contributed by atoms with E-state index < -0.39 is 24.3 Å². The molecule has 0 bridgehead atoms. The number of rotatable bonds is 9. The highest BCUT2D eigenvalue weighted by Gasteiger charge is 2.32. The number of nitrogens with one attached hydrogen (secondary N) is 1. The van der Waals surface area contributed by atoms with Crippen molar-refractivity contribution in [3.8, 4) is 0 Å². The van der Waals surface area contributed by atoms with Gasteiger partial charge in [0.25, 0.3) is 0 Å². The number of carboxylic acids is 1. The smallest absolute Gasteiger partial charge is 0.305 e. The first-order valence-electron chi connectivity index (χ1n) is 7.73. The van der Waals surface area contributed by atoms with E-state index in [4.69, 9.17) is 20.3 Å². The summed E-state index contributed by atoms with van der Waals surface area (Å²) in [4.78, 5) is 22.5. The van der Waals surface area contributed by atoms with Crippen LogP contribution in [0.5, 0.6) is 0 Å². The van der Waals surface area contributed by atoms with Crippen molar-refractivity contribution in [3.05, 3.63) is 0 Å². The largest absolute Gasteiger partial charge is 0.481 e. The second-order valence-corrected chi connectivity index (χ2v) is 6.20. The molecule has 0 aromatic heterocycles. The van der Waals surface area contributed by atoms with Crippen molar-refractivity contribution in [1.82, 2.24) is 5.32 Å². The van der Waals surface area contributed by atoms with Crippen molar-refractivity contribution in [1.29, 1.82) is 0 Å². The topological polar surface area (TPSA) is 111 Å². The number of ether oxygens (including phenoxy) is 2. The molecule has 0 heterocycles. The van der Waals surface area contributed by atoms with Gasteiger partial charge in [-0.05, 0) is 24.7 Å². The Morgan fingerprint density at radius 2 is 1.86 bits per heavy atom. The number of carbonyl (C=O) groups is 2. The van der Waals surface area contributed by atoms with Gasteiger partial charge in [-0.1, -0.05) is 13.8 Å². The highest BCUT2D eigenvalue weighted by Crippen LogP contribution is 2.32. The fraction of sp³-hybridized carbons (Fsp3) is 0.867. The molecule has 7 nitrogen and oxygen atoms in total. The Morgan fingerprint density at radius 1 is 1.27 bits per heavy atom. The standard InChI is InChI=1S/C15H28N2O5/c1-9-4-5-10(2)14(9)22-8-11(7-21-3)17-15(20)12(16)6-13(18)19/h9-12,14H,4-8,16H2,1-3H3,(H,17,20)(H,18,19)/t9?,10?,11?,12-,14?/m0/s1. The van der Waals surface area contributed by atoms with Crippen molar-refractivity contribution in [3.63, 3.8) is 0 Å². The van der Waals surface area contributed by atoms with Gasteiger partial charge in [-0.15, -0.1) is 0 Å². The number of methoxy groups -OCH3 is 1. The van der Waals surface area contributed by atoms with Crippen LogP contribution in [-0.4, -0.2) is 55.5 Å². The molecular weight excluding hydrogens is 288 g/mol. The maximum atomic E-state index is 11.9. The molecule has 1 aliphatic rings. The SMILES string of the molecule is COCC(COC1C(C)CCC1C)NC(=O)[C@@H](N)CC(=O)O. The lowest BCUT2D eigenvalue weighted by molar-refractivity contribution is -0.139. The van der Waals surface area contributed by atoms with Gasteiger partial charge in [-0.3, -0.25) is 9.59 Å². The predicted molar refractivity (Wildman–Crippen MR) is 81.3 cm³/mol. The third-order valence-corrected chi connectivity index (χ3v) is 4.13. The van der Waals surface area contributed by atoms with Crippen molar-refractivity contribution in [2.75, 3.05) is 20.3 Å². The number of carboxylic acid groups (broad SMARTS) is 1. The van der Waals surface area contributed by atoms with Gasteiger partial charge in [-0.25, -0.2) is 0 Å². The number of carbonyl (C=O) groups excluding carboxylic acids is 1.